The molecule has 0 radical (unpaired) electrons. The van der Waals surface area contributed by atoms with Gasteiger partial charge in [-0.3, -0.25) is 18.4 Å². The summed E-state index contributed by atoms with van der Waals surface area (Å²) < 4.78 is 21.7. The maximum absolute atomic E-state index is 11.8. The quantitative estimate of drug-likeness (QED) is 0.500. The summed E-state index contributed by atoms with van der Waals surface area (Å²) in [5.41, 5.74) is -0.573. The molecule has 0 aromatic heterocycles. The lowest BCUT2D eigenvalue weighted by atomic mass is 10.6. The lowest BCUT2D eigenvalue weighted by Crippen LogP contribution is -2.03. The standard InChI is InChI=1S/C10H17O4P/c1-4-6-8-13-15(12,10(3)11)14-9-7-5-2/h4-7H,8-9H2,1-3H3/b6-4+,7-5+. The van der Waals surface area contributed by atoms with Crippen molar-refractivity contribution in [1.29, 1.82) is 0 Å². The van der Waals surface area contributed by atoms with Gasteiger partial charge in [0.2, 0.25) is 5.52 Å². The SMILES string of the molecule is C/C=C/COP(=O)(OC/C=C/C)C(C)=O. The number of carbonyl (C=O) groups is 1. The predicted octanol–water partition coefficient (Wildman–Crippen LogP) is 2.91. The van der Waals surface area contributed by atoms with Crippen molar-refractivity contribution >= 4 is 13.1 Å². The zero-order valence-corrected chi connectivity index (χ0v) is 10.2. The van der Waals surface area contributed by atoms with Crippen LogP contribution in [0.25, 0.3) is 0 Å². The van der Waals surface area contributed by atoms with E-state index >= 15 is 0 Å². The Morgan fingerprint density at radius 2 is 1.53 bits per heavy atom. The summed E-state index contributed by atoms with van der Waals surface area (Å²) in [5, 5.41) is 0. The Labute approximate surface area is 90.5 Å². The van der Waals surface area contributed by atoms with Crippen molar-refractivity contribution in [2.45, 2.75) is 20.8 Å². The lowest BCUT2D eigenvalue weighted by Gasteiger charge is -2.13. The van der Waals surface area contributed by atoms with E-state index in [1.54, 1.807) is 24.3 Å². The van der Waals surface area contributed by atoms with Crippen molar-refractivity contribution in [3.8, 4) is 0 Å². The minimum absolute atomic E-state index is 0.114. The molecule has 0 saturated heterocycles. The van der Waals surface area contributed by atoms with E-state index in [1.165, 1.54) is 6.92 Å². The first-order valence-electron chi connectivity index (χ1n) is 4.69. The van der Waals surface area contributed by atoms with Gasteiger partial charge >= 0.3 is 7.60 Å². The second kappa shape index (κ2) is 7.57. The van der Waals surface area contributed by atoms with Crippen LogP contribution in [0.5, 0.6) is 0 Å². The van der Waals surface area contributed by atoms with Crippen molar-refractivity contribution in [3.63, 3.8) is 0 Å². The van der Waals surface area contributed by atoms with Crippen LogP contribution in [0.2, 0.25) is 0 Å². The van der Waals surface area contributed by atoms with Crippen LogP contribution < -0.4 is 0 Å². The first-order valence-corrected chi connectivity index (χ1v) is 6.23. The average Bonchev–Trinajstić information content (AvgIpc) is 2.18. The Bertz CT molecular complexity index is 274. The van der Waals surface area contributed by atoms with Crippen molar-refractivity contribution in [1.82, 2.24) is 0 Å². The van der Waals surface area contributed by atoms with Crippen molar-refractivity contribution in [2.75, 3.05) is 13.2 Å². The van der Waals surface area contributed by atoms with E-state index in [0.717, 1.165) is 0 Å². The molecule has 5 heteroatoms. The van der Waals surface area contributed by atoms with Gasteiger partial charge in [-0.2, -0.15) is 0 Å². The molecule has 0 spiro atoms. The molecule has 0 aliphatic carbocycles. The number of hydrogen-bond acceptors (Lipinski definition) is 4. The molecular formula is C10H17O4P. The van der Waals surface area contributed by atoms with Gasteiger partial charge < -0.3 is 0 Å². The molecule has 86 valence electrons. The van der Waals surface area contributed by atoms with E-state index in [0.29, 0.717) is 0 Å². The first-order chi connectivity index (χ1) is 7.06. The van der Waals surface area contributed by atoms with Crippen LogP contribution >= 0.6 is 7.60 Å². The zero-order chi connectivity index (χ0) is 11.7. The summed E-state index contributed by atoms with van der Waals surface area (Å²) in [6.45, 7) is 5.05. The maximum Gasteiger partial charge on any atom is 0.396 e. The van der Waals surface area contributed by atoms with Gasteiger partial charge in [0.1, 0.15) is 0 Å². The highest BCUT2D eigenvalue weighted by atomic mass is 31.2. The topological polar surface area (TPSA) is 52.6 Å². The zero-order valence-electron chi connectivity index (χ0n) is 9.30. The molecule has 0 unspecified atom stereocenters. The summed E-state index contributed by atoms with van der Waals surface area (Å²) in [7, 11) is -3.59. The molecule has 0 bridgehead atoms. The third kappa shape index (κ3) is 5.67. The number of rotatable bonds is 7. The minimum Gasteiger partial charge on any atom is -0.299 e. The van der Waals surface area contributed by atoms with Crippen LogP contribution in [0.3, 0.4) is 0 Å². The van der Waals surface area contributed by atoms with Gasteiger partial charge in [-0.15, -0.1) is 0 Å². The van der Waals surface area contributed by atoms with Gasteiger partial charge in [-0.05, 0) is 13.8 Å². The molecule has 0 aliphatic heterocycles. The van der Waals surface area contributed by atoms with Crippen LogP contribution in [0, 0.1) is 0 Å². The number of hydrogen-bond donors (Lipinski definition) is 0. The summed E-state index contributed by atoms with van der Waals surface area (Å²) in [4.78, 5) is 11.1. The van der Waals surface area contributed by atoms with Gasteiger partial charge in [0.25, 0.3) is 0 Å². The molecule has 0 saturated carbocycles. The van der Waals surface area contributed by atoms with Crippen LogP contribution in [-0.2, 0) is 18.4 Å². The average molecular weight is 232 g/mol. The highest BCUT2D eigenvalue weighted by Gasteiger charge is 2.30. The van der Waals surface area contributed by atoms with Gasteiger partial charge in [0.15, 0.2) is 0 Å². The third-order valence-corrected chi connectivity index (χ3v) is 3.29. The van der Waals surface area contributed by atoms with Crippen molar-refractivity contribution in [2.24, 2.45) is 0 Å². The molecule has 0 aromatic carbocycles. The largest absolute Gasteiger partial charge is 0.396 e. The van der Waals surface area contributed by atoms with Crippen LogP contribution in [0.15, 0.2) is 24.3 Å². The number of allylic oxidation sites excluding steroid dienone is 2. The van der Waals surface area contributed by atoms with E-state index in [-0.39, 0.29) is 13.2 Å². The summed E-state index contributed by atoms with van der Waals surface area (Å²) in [6.07, 6.45) is 6.82. The Hall–Kier alpha value is -0.700. The highest BCUT2D eigenvalue weighted by molar-refractivity contribution is 7.71. The molecule has 0 amide bonds. The Kier molecular flexibility index (Phi) is 7.22. The van der Waals surface area contributed by atoms with E-state index in [9.17, 15) is 9.36 Å². The summed E-state index contributed by atoms with van der Waals surface area (Å²) in [5.74, 6) is 0. The molecule has 0 heterocycles. The minimum atomic E-state index is -3.59. The molecule has 4 nitrogen and oxygen atoms in total. The molecule has 0 N–H and O–H groups in total. The maximum atomic E-state index is 11.8. The van der Waals surface area contributed by atoms with Gasteiger partial charge in [-0.1, -0.05) is 24.3 Å². The molecule has 15 heavy (non-hydrogen) atoms. The summed E-state index contributed by atoms with van der Waals surface area (Å²) >= 11 is 0. The van der Waals surface area contributed by atoms with E-state index < -0.39 is 13.1 Å². The second-order valence-electron chi connectivity index (χ2n) is 2.75. The molecule has 0 aliphatic rings. The first kappa shape index (κ1) is 14.3. The fraction of sp³-hybridized carbons (Fsp3) is 0.500. The van der Waals surface area contributed by atoms with Gasteiger partial charge in [0.05, 0.1) is 13.2 Å². The number of carbonyl (C=O) groups excluding carboxylic acids is 1. The van der Waals surface area contributed by atoms with Crippen LogP contribution in [0.4, 0.5) is 0 Å². The lowest BCUT2D eigenvalue weighted by molar-refractivity contribution is -0.112. The van der Waals surface area contributed by atoms with E-state index in [4.69, 9.17) is 9.05 Å². The van der Waals surface area contributed by atoms with Crippen LogP contribution in [-0.4, -0.2) is 18.7 Å². The smallest absolute Gasteiger partial charge is 0.299 e. The molecule has 0 atom stereocenters. The fourth-order valence-corrected chi connectivity index (χ4v) is 1.70. The van der Waals surface area contributed by atoms with Gasteiger partial charge in [0, 0.05) is 6.92 Å². The fourth-order valence-electron chi connectivity index (χ4n) is 0.694. The molecule has 0 aromatic rings. The van der Waals surface area contributed by atoms with Crippen LogP contribution in [0.1, 0.15) is 20.8 Å². The Balaban J connectivity index is 4.32. The molecular weight excluding hydrogens is 215 g/mol. The predicted molar refractivity (Wildman–Crippen MR) is 59.8 cm³/mol. The molecule has 0 rings (SSSR count). The summed E-state index contributed by atoms with van der Waals surface area (Å²) in [6, 6.07) is 0. The molecule has 0 fully saturated rings. The second-order valence-corrected chi connectivity index (χ2v) is 4.89. The highest BCUT2D eigenvalue weighted by Crippen LogP contribution is 2.48. The van der Waals surface area contributed by atoms with Crippen molar-refractivity contribution < 1.29 is 18.4 Å². The Morgan fingerprint density at radius 3 is 1.80 bits per heavy atom. The van der Waals surface area contributed by atoms with E-state index in [1.807, 2.05) is 13.8 Å². The third-order valence-electron chi connectivity index (χ3n) is 1.54. The van der Waals surface area contributed by atoms with E-state index in [2.05, 4.69) is 0 Å². The monoisotopic (exact) mass is 232 g/mol. The van der Waals surface area contributed by atoms with Gasteiger partial charge in [-0.25, -0.2) is 0 Å². The normalized spacial score (nSPS) is 12.7. The van der Waals surface area contributed by atoms with Crippen molar-refractivity contribution in [3.05, 3.63) is 24.3 Å². The Morgan fingerprint density at radius 1 is 1.13 bits per heavy atom.